The van der Waals surface area contributed by atoms with Gasteiger partial charge in [-0.15, -0.1) is 0 Å². The lowest BCUT2D eigenvalue weighted by atomic mass is 9.88. The van der Waals surface area contributed by atoms with E-state index in [9.17, 15) is 23.6 Å². The minimum absolute atomic E-state index is 0.0586. The Hall–Kier alpha value is -3.87. The summed E-state index contributed by atoms with van der Waals surface area (Å²) in [6, 6.07) is 3.99. The molecule has 3 fully saturated rings. The summed E-state index contributed by atoms with van der Waals surface area (Å²) in [4.78, 5) is 54.4. The fourth-order valence-electron chi connectivity index (χ4n) is 6.20. The molecule has 13 heteroatoms. The molecule has 45 heavy (non-hydrogen) atoms. The first-order chi connectivity index (χ1) is 21.7. The quantitative estimate of drug-likeness (QED) is 0.295. The summed E-state index contributed by atoms with van der Waals surface area (Å²) in [5, 5.41) is 12.4. The van der Waals surface area contributed by atoms with Gasteiger partial charge in [-0.05, 0) is 67.2 Å². The predicted octanol–water partition coefficient (Wildman–Crippen LogP) is 3.02. The van der Waals surface area contributed by atoms with Crippen LogP contribution in [0.4, 0.5) is 14.5 Å². The van der Waals surface area contributed by atoms with Gasteiger partial charge in [-0.1, -0.05) is 19.9 Å². The van der Waals surface area contributed by atoms with E-state index in [1.807, 2.05) is 0 Å². The Balaban J connectivity index is 1.33. The summed E-state index contributed by atoms with van der Waals surface area (Å²) in [7, 11) is 0. The molecule has 244 valence electrons. The molecule has 1 aromatic heterocycles. The van der Waals surface area contributed by atoms with Crippen molar-refractivity contribution in [3.63, 3.8) is 0 Å². The molecule has 0 bridgehead atoms. The molecule has 0 radical (unpaired) electrons. The van der Waals surface area contributed by atoms with Crippen molar-refractivity contribution in [3.8, 4) is 0 Å². The number of halogens is 2. The molecule has 0 spiro atoms. The van der Waals surface area contributed by atoms with Crippen molar-refractivity contribution in [1.82, 2.24) is 25.3 Å². The highest BCUT2D eigenvalue weighted by atomic mass is 19.1. The normalized spacial score (nSPS) is 18.6. The van der Waals surface area contributed by atoms with Crippen molar-refractivity contribution >= 4 is 29.3 Å². The number of carbonyl (C=O) groups excluding carboxylic acids is 4. The van der Waals surface area contributed by atoms with Gasteiger partial charge >= 0.3 is 0 Å². The molecular weight excluding hydrogens is 586 g/mol. The number of amides is 4. The van der Waals surface area contributed by atoms with Crippen molar-refractivity contribution in [2.24, 2.45) is 17.8 Å². The van der Waals surface area contributed by atoms with Crippen LogP contribution in [0.3, 0.4) is 0 Å². The third kappa shape index (κ3) is 7.86. The molecule has 2 aliphatic carbocycles. The van der Waals surface area contributed by atoms with Gasteiger partial charge in [0.15, 0.2) is 0 Å². The van der Waals surface area contributed by atoms with E-state index in [0.29, 0.717) is 31.9 Å². The van der Waals surface area contributed by atoms with Crippen LogP contribution >= 0.6 is 0 Å². The molecular formula is C32H42F2N6O5. The maximum Gasteiger partial charge on any atom is 0.270 e. The Bertz CT molecular complexity index is 1380. The maximum absolute atomic E-state index is 15.6. The zero-order valence-corrected chi connectivity index (χ0v) is 25.8. The van der Waals surface area contributed by atoms with Crippen LogP contribution in [0.5, 0.6) is 0 Å². The lowest BCUT2D eigenvalue weighted by Gasteiger charge is -2.33. The number of anilines is 1. The fraction of sp³-hybridized carbons (Fsp3) is 0.594. The van der Waals surface area contributed by atoms with E-state index in [4.69, 9.17) is 4.74 Å². The van der Waals surface area contributed by atoms with Crippen molar-refractivity contribution in [3.05, 3.63) is 47.5 Å². The summed E-state index contributed by atoms with van der Waals surface area (Å²) >= 11 is 0. The number of hydrogen-bond donors (Lipinski definition) is 3. The molecule has 3 N–H and O–H groups in total. The van der Waals surface area contributed by atoms with Crippen LogP contribution in [0, 0.1) is 23.6 Å². The average molecular weight is 629 g/mol. The third-order valence-corrected chi connectivity index (χ3v) is 9.04. The number of alkyl halides is 1. The van der Waals surface area contributed by atoms with Crippen molar-refractivity contribution in [2.75, 3.05) is 38.3 Å². The highest BCUT2D eigenvalue weighted by molar-refractivity contribution is 6.01. The molecule has 3 atom stereocenters. The topological polar surface area (TPSA) is 135 Å². The van der Waals surface area contributed by atoms with E-state index in [0.717, 1.165) is 25.7 Å². The molecule has 1 aromatic carbocycles. The van der Waals surface area contributed by atoms with Crippen LogP contribution in [0.25, 0.3) is 0 Å². The van der Waals surface area contributed by atoms with E-state index in [-0.39, 0.29) is 53.9 Å². The molecule has 1 saturated heterocycles. The van der Waals surface area contributed by atoms with Gasteiger partial charge in [0.05, 0.1) is 25.4 Å². The molecule has 4 amide bonds. The number of hydrogen-bond acceptors (Lipinski definition) is 6. The Morgan fingerprint density at radius 1 is 1.02 bits per heavy atom. The Labute approximate surface area is 261 Å². The predicted molar refractivity (Wildman–Crippen MR) is 161 cm³/mol. The molecule has 11 nitrogen and oxygen atoms in total. The first-order valence-electron chi connectivity index (χ1n) is 15.9. The molecule has 5 rings (SSSR count). The van der Waals surface area contributed by atoms with Crippen LogP contribution in [0.15, 0.2) is 30.5 Å². The van der Waals surface area contributed by atoms with Crippen LogP contribution in [-0.2, 0) is 25.7 Å². The van der Waals surface area contributed by atoms with Crippen LogP contribution in [0.1, 0.15) is 67.9 Å². The second-order valence-electron chi connectivity index (χ2n) is 12.2. The summed E-state index contributed by atoms with van der Waals surface area (Å²) in [5.74, 6) is -2.40. The van der Waals surface area contributed by atoms with Gasteiger partial charge in [-0.25, -0.2) is 8.78 Å². The Morgan fingerprint density at radius 3 is 2.31 bits per heavy atom. The number of rotatable bonds is 14. The highest BCUT2D eigenvalue weighted by Crippen LogP contribution is 2.51. The summed E-state index contributed by atoms with van der Waals surface area (Å²) in [5.41, 5.74) is 0.571. The smallest absolute Gasteiger partial charge is 0.270 e. The second-order valence-corrected chi connectivity index (χ2v) is 12.2. The number of aromatic nitrogens is 2. The SMILES string of the molecule is CCC(=O)N[C@@H](C(=O)N1CCOCC1)[C@@H](C)c1ccc(NC(=O)[C@@H](NC(=O)c2ccnn2CCF)C(C2CC2)C2CC2)c(F)c1. The maximum atomic E-state index is 15.6. The highest BCUT2D eigenvalue weighted by Gasteiger charge is 2.48. The molecule has 3 aliphatic rings. The lowest BCUT2D eigenvalue weighted by Crippen LogP contribution is -2.53. The number of nitrogens with zero attached hydrogens (tertiary/aromatic N) is 3. The molecule has 2 heterocycles. The van der Waals surface area contributed by atoms with Crippen LogP contribution < -0.4 is 16.0 Å². The number of carbonyl (C=O) groups is 4. The zero-order chi connectivity index (χ0) is 32.1. The second kappa shape index (κ2) is 14.5. The van der Waals surface area contributed by atoms with Crippen molar-refractivity contribution in [2.45, 2.75) is 70.5 Å². The number of nitrogens with one attached hydrogen (secondary N) is 3. The largest absolute Gasteiger partial charge is 0.378 e. The first kappa shape index (κ1) is 32.5. The molecule has 0 unspecified atom stereocenters. The van der Waals surface area contributed by atoms with Gasteiger partial charge in [0.2, 0.25) is 17.7 Å². The Kier molecular flexibility index (Phi) is 10.5. The lowest BCUT2D eigenvalue weighted by molar-refractivity contribution is -0.140. The van der Waals surface area contributed by atoms with Crippen molar-refractivity contribution < 1.29 is 32.7 Å². The minimum Gasteiger partial charge on any atom is -0.378 e. The van der Waals surface area contributed by atoms with Gasteiger partial charge in [0.1, 0.15) is 30.3 Å². The van der Waals surface area contributed by atoms with Gasteiger partial charge in [0, 0.05) is 31.6 Å². The summed E-state index contributed by atoms with van der Waals surface area (Å²) in [6.07, 6.45) is 5.43. The van der Waals surface area contributed by atoms with Gasteiger partial charge < -0.3 is 25.6 Å². The van der Waals surface area contributed by atoms with E-state index in [2.05, 4.69) is 21.0 Å². The summed E-state index contributed by atoms with van der Waals surface area (Å²) < 4.78 is 35.2. The molecule has 2 aromatic rings. The standard InChI is InChI=1S/C32H42F2N6O5/c1-3-26(41)37-28(32(44)39-14-16-45-17-15-39)19(2)22-8-9-24(23(34)18-22)36-31(43)29(27(20-4-5-20)21-6-7-21)38-30(42)25-10-12-35-40(25)13-11-33/h8-10,12,18-21,27-29H,3-7,11,13-17H2,1-2H3,(H,36,43)(H,37,41)(H,38,42)/t19-,28+,29-/m0/s1. The number of ether oxygens (including phenoxy) is 1. The number of benzene rings is 1. The monoisotopic (exact) mass is 628 g/mol. The fourth-order valence-corrected chi connectivity index (χ4v) is 6.20. The van der Waals surface area contributed by atoms with Gasteiger partial charge in [0.25, 0.3) is 5.91 Å². The third-order valence-electron chi connectivity index (χ3n) is 9.04. The van der Waals surface area contributed by atoms with E-state index >= 15 is 4.39 Å². The Morgan fingerprint density at radius 2 is 1.71 bits per heavy atom. The van der Waals surface area contributed by atoms with E-state index < -0.39 is 42.3 Å². The van der Waals surface area contributed by atoms with Crippen LogP contribution in [0.2, 0.25) is 0 Å². The summed E-state index contributed by atoms with van der Waals surface area (Å²) in [6.45, 7) is 4.28. The number of aryl methyl sites for hydroxylation is 1. The number of morpholine rings is 1. The van der Waals surface area contributed by atoms with Crippen molar-refractivity contribution in [1.29, 1.82) is 0 Å². The first-order valence-corrected chi connectivity index (χ1v) is 15.9. The van der Waals surface area contributed by atoms with Crippen LogP contribution in [-0.4, -0.2) is 83.4 Å². The van der Waals surface area contributed by atoms with Gasteiger partial charge in [-0.3, -0.25) is 23.9 Å². The van der Waals surface area contributed by atoms with Gasteiger partial charge in [-0.2, -0.15) is 5.10 Å². The molecule has 2 saturated carbocycles. The molecule has 1 aliphatic heterocycles. The van der Waals surface area contributed by atoms with E-state index in [1.54, 1.807) is 24.8 Å². The zero-order valence-electron chi connectivity index (χ0n) is 25.8. The minimum atomic E-state index is -0.913. The van der Waals surface area contributed by atoms with E-state index in [1.165, 1.54) is 29.1 Å². The average Bonchev–Trinajstić information content (AvgIpc) is 4.00.